The molecule has 24 heavy (non-hydrogen) atoms. The van der Waals surface area contributed by atoms with Crippen molar-refractivity contribution in [1.29, 1.82) is 0 Å². The number of carbonyl (C=O) groups is 1. The number of aromatic nitrogens is 2. The largest absolute Gasteiger partial charge is 0.338 e. The van der Waals surface area contributed by atoms with Crippen LogP contribution in [0.3, 0.4) is 0 Å². The second kappa shape index (κ2) is 6.40. The van der Waals surface area contributed by atoms with Crippen LogP contribution in [0.5, 0.6) is 0 Å². The Labute approximate surface area is 143 Å². The lowest BCUT2D eigenvalue weighted by Gasteiger charge is -2.22. The van der Waals surface area contributed by atoms with Crippen molar-refractivity contribution in [1.82, 2.24) is 14.7 Å². The van der Waals surface area contributed by atoms with E-state index in [0.29, 0.717) is 13.1 Å². The van der Waals surface area contributed by atoms with Gasteiger partial charge in [0.2, 0.25) is 0 Å². The summed E-state index contributed by atoms with van der Waals surface area (Å²) in [6.45, 7) is 9.02. The van der Waals surface area contributed by atoms with Crippen molar-refractivity contribution in [2.45, 2.75) is 33.7 Å². The zero-order chi connectivity index (χ0) is 17.3. The number of nitrogens with two attached hydrogens (primary N) is 1. The summed E-state index contributed by atoms with van der Waals surface area (Å²) in [4.78, 5) is 14.7. The highest BCUT2D eigenvalue weighted by atomic mass is 16.2. The van der Waals surface area contributed by atoms with E-state index in [4.69, 9.17) is 5.73 Å². The zero-order valence-electron chi connectivity index (χ0n) is 14.7. The van der Waals surface area contributed by atoms with Gasteiger partial charge in [0.1, 0.15) is 0 Å². The lowest BCUT2D eigenvalue weighted by molar-refractivity contribution is 0.0777. The van der Waals surface area contributed by atoms with E-state index in [-0.39, 0.29) is 11.3 Å². The molecule has 1 aliphatic heterocycles. The first-order valence-corrected chi connectivity index (χ1v) is 8.49. The number of carbonyl (C=O) groups excluding carboxylic acids is 1. The van der Waals surface area contributed by atoms with E-state index in [1.54, 1.807) is 0 Å². The van der Waals surface area contributed by atoms with Crippen LogP contribution in [0.4, 0.5) is 0 Å². The first-order chi connectivity index (χ1) is 11.4. The summed E-state index contributed by atoms with van der Waals surface area (Å²) in [5, 5.41) is 4.50. The molecule has 2 heterocycles. The molecule has 0 aliphatic carbocycles. The lowest BCUT2D eigenvalue weighted by Crippen LogP contribution is -2.34. The number of hydrogen-bond acceptors (Lipinski definition) is 3. The molecular weight excluding hydrogens is 300 g/mol. The highest BCUT2D eigenvalue weighted by Crippen LogP contribution is 2.29. The molecule has 5 nitrogen and oxygen atoms in total. The summed E-state index contributed by atoms with van der Waals surface area (Å²) in [6, 6.07) is 9.93. The normalized spacial score (nSPS) is 20.6. The maximum Gasteiger partial charge on any atom is 0.253 e. The number of amides is 1. The summed E-state index contributed by atoms with van der Waals surface area (Å²) in [5.74, 6) is 0.0994. The van der Waals surface area contributed by atoms with E-state index in [2.05, 4.69) is 18.1 Å². The maximum absolute atomic E-state index is 12.8. The zero-order valence-corrected chi connectivity index (χ0v) is 14.7. The van der Waals surface area contributed by atoms with E-state index < -0.39 is 0 Å². The molecule has 1 saturated heterocycles. The average molecular weight is 326 g/mol. The second-order valence-corrected chi connectivity index (χ2v) is 7.28. The van der Waals surface area contributed by atoms with Gasteiger partial charge in [0.25, 0.3) is 5.91 Å². The first kappa shape index (κ1) is 16.7. The maximum atomic E-state index is 12.8. The predicted octanol–water partition coefficient (Wildman–Crippen LogP) is 2.36. The number of hydrogen-bond donors (Lipinski definition) is 1. The van der Waals surface area contributed by atoms with E-state index in [0.717, 1.165) is 42.0 Å². The lowest BCUT2D eigenvalue weighted by atomic mass is 9.90. The van der Waals surface area contributed by atoms with E-state index in [1.165, 1.54) is 0 Å². The smallest absolute Gasteiger partial charge is 0.253 e. The molecule has 0 saturated carbocycles. The number of likely N-dealkylation sites (tertiary alicyclic amines) is 1. The minimum Gasteiger partial charge on any atom is -0.338 e. The van der Waals surface area contributed by atoms with E-state index in [9.17, 15) is 4.79 Å². The fourth-order valence-electron chi connectivity index (χ4n) is 3.36. The van der Waals surface area contributed by atoms with Crippen molar-refractivity contribution >= 4 is 5.91 Å². The van der Waals surface area contributed by atoms with Gasteiger partial charge in [0.15, 0.2) is 0 Å². The van der Waals surface area contributed by atoms with Crippen LogP contribution in [0.15, 0.2) is 30.3 Å². The van der Waals surface area contributed by atoms with Gasteiger partial charge < -0.3 is 10.6 Å². The third kappa shape index (κ3) is 3.36. The van der Waals surface area contributed by atoms with E-state index in [1.807, 2.05) is 47.7 Å². The van der Waals surface area contributed by atoms with Crippen LogP contribution in [0.1, 0.15) is 40.7 Å². The SMILES string of the molecule is Cc1cc(C)n(Cc2cccc(C(=O)N3CCC(C)(CN)C3)c2)n1. The van der Waals surface area contributed by atoms with Crippen LogP contribution in [0.2, 0.25) is 0 Å². The molecule has 5 heteroatoms. The quantitative estimate of drug-likeness (QED) is 0.938. The molecule has 128 valence electrons. The minimum absolute atomic E-state index is 0.0525. The molecule has 1 aromatic heterocycles. The van der Waals surface area contributed by atoms with Crippen LogP contribution >= 0.6 is 0 Å². The van der Waals surface area contributed by atoms with Crippen molar-refractivity contribution < 1.29 is 4.79 Å². The third-order valence-corrected chi connectivity index (χ3v) is 4.95. The molecule has 0 spiro atoms. The van der Waals surface area contributed by atoms with Crippen LogP contribution in [-0.4, -0.2) is 40.2 Å². The fraction of sp³-hybridized carbons (Fsp3) is 0.474. The minimum atomic E-state index is 0.0525. The Kier molecular flexibility index (Phi) is 4.45. The molecule has 3 rings (SSSR count). The van der Waals surface area contributed by atoms with Gasteiger partial charge in [-0.25, -0.2) is 0 Å². The van der Waals surface area contributed by atoms with Gasteiger partial charge in [-0.05, 0) is 56.0 Å². The third-order valence-electron chi connectivity index (χ3n) is 4.95. The molecule has 1 amide bonds. The molecule has 2 aromatic rings. The molecule has 0 radical (unpaired) electrons. The van der Waals surface area contributed by atoms with Crippen molar-refractivity contribution in [3.63, 3.8) is 0 Å². The van der Waals surface area contributed by atoms with Crippen molar-refractivity contribution in [3.8, 4) is 0 Å². The van der Waals surface area contributed by atoms with Crippen LogP contribution in [0.25, 0.3) is 0 Å². The molecule has 1 fully saturated rings. The highest BCUT2D eigenvalue weighted by Gasteiger charge is 2.35. The van der Waals surface area contributed by atoms with Gasteiger partial charge in [0.05, 0.1) is 12.2 Å². The van der Waals surface area contributed by atoms with E-state index >= 15 is 0 Å². The number of aryl methyl sites for hydroxylation is 2. The summed E-state index contributed by atoms with van der Waals surface area (Å²) in [6.07, 6.45) is 0.973. The van der Waals surface area contributed by atoms with Gasteiger partial charge in [0, 0.05) is 24.3 Å². The summed E-state index contributed by atoms with van der Waals surface area (Å²) >= 11 is 0. The monoisotopic (exact) mass is 326 g/mol. The Morgan fingerprint density at radius 2 is 2.12 bits per heavy atom. The number of rotatable bonds is 4. The van der Waals surface area contributed by atoms with Crippen molar-refractivity contribution in [3.05, 3.63) is 52.8 Å². The van der Waals surface area contributed by atoms with Crippen LogP contribution in [0, 0.1) is 19.3 Å². The summed E-state index contributed by atoms with van der Waals surface area (Å²) in [7, 11) is 0. The first-order valence-electron chi connectivity index (χ1n) is 8.49. The molecule has 1 unspecified atom stereocenters. The average Bonchev–Trinajstić information content (AvgIpc) is 3.10. The Balaban J connectivity index is 1.76. The summed E-state index contributed by atoms with van der Waals surface area (Å²) < 4.78 is 1.97. The van der Waals surface area contributed by atoms with Gasteiger partial charge in [-0.15, -0.1) is 0 Å². The standard InChI is InChI=1S/C19H26N4O/c1-14-9-15(2)23(21-14)11-16-5-4-6-17(10-16)18(24)22-8-7-19(3,12-20)13-22/h4-6,9-10H,7-8,11-13,20H2,1-3H3. The predicted molar refractivity (Wildman–Crippen MR) is 94.9 cm³/mol. The van der Waals surface area contributed by atoms with Crippen molar-refractivity contribution in [2.75, 3.05) is 19.6 Å². The number of benzene rings is 1. The second-order valence-electron chi connectivity index (χ2n) is 7.28. The Bertz CT molecular complexity index is 752. The molecule has 2 N–H and O–H groups in total. The molecule has 1 aromatic carbocycles. The van der Waals surface area contributed by atoms with Crippen LogP contribution in [-0.2, 0) is 6.54 Å². The number of nitrogens with zero attached hydrogens (tertiary/aromatic N) is 3. The van der Waals surface area contributed by atoms with Gasteiger partial charge in [-0.1, -0.05) is 19.1 Å². The van der Waals surface area contributed by atoms with Gasteiger partial charge in [-0.3, -0.25) is 9.48 Å². The van der Waals surface area contributed by atoms with Gasteiger partial charge >= 0.3 is 0 Å². The molecule has 1 aliphatic rings. The Hall–Kier alpha value is -2.14. The Morgan fingerprint density at radius 3 is 2.75 bits per heavy atom. The topological polar surface area (TPSA) is 64.2 Å². The van der Waals surface area contributed by atoms with Gasteiger partial charge in [-0.2, -0.15) is 5.10 Å². The molecule has 1 atom stereocenters. The molecular formula is C19H26N4O. The highest BCUT2D eigenvalue weighted by molar-refractivity contribution is 5.94. The van der Waals surface area contributed by atoms with Crippen LogP contribution < -0.4 is 5.73 Å². The fourth-order valence-corrected chi connectivity index (χ4v) is 3.36. The molecule has 0 bridgehead atoms. The van der Waals surface area contributed by atoms with Crippen molar-refractivity contribution in [2.24, 2.45) is 11.1 Å². The summed E-state index contributed by atoms with van der Waals surface area (Å²) in [5.41, 5.74) is 9.88. The Morgan fingerprint density at radius 1 is 1.33 bits per heavy atom.